The zero-order valence-electron chi connectivity index (χ0n) is 14.6. The number of ether oxygens (including phenoxy) is 1. The monoisotopic (exact) mass is 398 g/mol. The Bertz CT molecular complexity index is 1180. The van der Waals surface area contributed by atoms with Crippen LogP contribution in [0.4, 0.5) is 0 Å². The number of carbonyl (C=O) groups excluding carboxylic acids is 1. The van der Waals surface area contributed by atoms with Crippen molar-refractivity contribution >= 4 is 34.4 Å². The molecule has 2 N–H and O–H groups in total. The molecule has 6 nitrogen and oxygen atoms in total. The molecular formula is C19H15ClN4O2S. The van der Waals surface area contributed by atoms with Crippen LogP contribution >= 0.6 is 22.9 Å². The smallest absolute Gasteiger partial charge is 0.261 e. The van der Waals surface area contributed by atoms with Gasteiger partial charge in [-0.3, -0.25) is 4.79 Å². The first-order valence-electron chi connectivity index (χ1n) is 8.09. The van der Waals surface area contributed by atoms with E-state index < -0.39 is 5.91 Å². The standard InChI is InChI=1S/C19H15ClN4O2S/c1-10-14(12-7-3-4-9-24(12)23-10)19-22-16(17(27-19)18(21)25)15-11(20)6-5-8-13(15)26-2/h3-9H,1-2H3,(H2,21,25). The quantitative estimate of drug-likeness (QED) is 0.558. The maximum absolute atomic E-state index is 12.1. The van der Waals surface area contributed by atoms with Crippen LogP contribution in [-0.2, 0) is 0 Å². The van der Waals surface area contributed by atoms with Gasteiger partial charge in [-0.05, 0) is 31.2 Å². The summed E-state index contributed by atoms with van der Waals surface area (Å²) in [5, 5.41) is 5.60. The van der Waals surface area contributed by atoms with E-state index in [1.54, 1.807) is 29.8 Å². The van der Waals surface area contributed by atoms with Gasteiger partial charge in [0.15, 0.2) is 0 Å². The van der Waals surface area contributed by atoms with Gasteiger partial charge in [0.1, 0.15) is 21.3 Å². The highest BCUT2D eigenvalue weighted by molar-refractivity contribution is 7.17. The van der Waals surface area contributed by atoms with Gasteiger partial charge in [-0.15, -0.1) is 11.3 Å². The number of thiazole rings is 1. The summed E-state index contributed by atoms with van der Waals surface area (Å²) in [5.74, 6) is -0.0386. The number of nitrogens with two attached hydrogens (primary N) is 1. The summed E-state index contributed by atoms with van der Waals surface area (Å²) in [5.41, 5.74) is 9.17. The zero-order valence-corrected chi connectivity index (χ0v) is 16.1. The molecule has 0 bridgehead atoms. The maximum atomic E-state index is 12.1. The summed E-state index contributed by atoms with van der Waals surface area (Å²) in [6.45, 7) is 1.91. The van der Waals surface area contributed by atoms with Crippen molar-refractivity contribution in [1.82, 2.24) is 14.6 Å². The van der Waals surface area contributed by atoms with E-state index in [1.165, 1.54) is 11.3 Å². The van der Waals surface area contributed by atoms with Crippen LogP contribution in [0.25, 0.3) is 27.3 Å². The molecule has 0 aliphatic heterocycles. The minimum absolute atomic E-state index is 0.325. The van der Waals surface area contributed by atoms with Crippen molar-refractivity contribution in [2.24, 2.45) is 5.73 Å². The van der Waals surface area contributed by atoms with E-state index in [0.717, 1.165) is 16.8 Å². The molecule has 4 aromatic rings. The number of amides is 1. The zero-order chi connectivity index (χ0) is 19.1. The van der Waals surface area contributed by atoms with Crippen molar-refractivity contribution < 1.29 is 9.53 Å². The molecule has 1 aromatic carbocycles. The first kappa shape index (κ1) is 17.5. The summed E-state index contributed by atoms with van der Waals surface area (Å²) in [6, 6.07) is 11.1. The number of carbonyl (C=O) groups is 1. The average Bonchev–Trinajstić information content (AvgIpc) is 3.21. The van der Waals surface area contributed by atoms with Gasteiger partial charge in [-0.25, -0.2) is 9.50 Å². The van der Waals surface area contributed by atoms with Gasteiger partial charge in [-0.1, -0.05) is 23.7 Å². The van der Waals surface area contributed by atoms with Gasteiger partial charge in [0.25, 0.3) is 5.91 Å². The number of hydrogen-bond donors (Lipinski definition) is 1. The van der Waals surface area contributed by atoms with Crippen LogP contribution in [0.15, 0.2) is 42.6 Å². The molecule has 8 heteroatoms. The Morgan fingerprint density at radius 3 is 2.78 bits per heavy atom. The van der Waals surface area contributed by atoms with Crippen molar-refractivity contribution in [2.75, 3.05) is 7.11 Å². The van der Waals surface area contributed by atoms with E-state index in [-0.39, 0.29) is 0 Å². The molecule has 27 heavy (non-hydrogen) atoms. The molecule has 4 rings (SSSR count). The lowest BCUT2D eigenvalue weighted by molar-refractivity contribution is 0.100. The van der Waals surface area contributed by atoms with Crippen molar-refractivity contribution in [3.8, 4) is 27.6 Å². The van der Waals surface area contributed by atoms with Crippen LogP contribution < -0.4 is 10.5 Å². The fourth-order valence-corrected chi connectivity index (χ4v) is 4.33. The largest absolute Gasteiger partial charge is 0.496 e. The van der Waals surface area contributed by atoms with Crippen molar-refractivity contribution in [3.63, 3.8) is 0 Å². The van der Waals surface area contributed by atoms with Gasteiger partial charge in [-0.2, -0.15) is 5.10 Å². The second-order valence-corrected chi connectivity index (χ2v) is 7.28. The summed E-state index contributed by atoms with van der Waals surface area (Å²) in [7, 11) is 1.54. The molecule has 0 atom stereocenters. The van der Waals surface area contributed by atoms with Crippen LogP contribution in [0.2, 0.25) is 5.02 Å². The number of nitrogens with zero attached hydrogens (tertiary/aromatic N) is 3. The third kappa shape index (κ3) is 2.85. The van der Waals surface area contributed by atoms with Crippen LogP contribution in [0, 0.1) is 6.92 Å². The highest BCUT2D eigenvalue weighted by atomic mass is 35.5. The molecule has 0 radical (unpaired) electrons. The van der Waals surface area contributed by atoms with Gasteiger partial charge in [0.2, 0.25) is 0 Å². The van der Waals surface area contributed by atoms with Crippen molar-refractivity contribution in [1.29, 1.82) is 0 Å². The summed E-state index contributed by atoms with van der Waals surface area (Å²) < 4.78 is 7.20. The average molecular weight is 399 g/mol. The number of hydrogen-bond acceptors (Lipinski definition) is 5. The minimum atomic E-state index is -0.565. The normalized spacial score (nSPS) is 11.1. The lowest BCUT2D eigenvalue weighted by atomic mass is 10.1. The molecule has 0 aliphatic carbocycles. The van der Waals surface area contributed by atoms with Crippen molar-refractivity contribution in [3.05, 3.63) is 58.2 Å². The number of aryl methyl sites for hydroxylation is 1. The lowest BCUT2D eigenvalue weighted by Gasteiger charge is -2.09. The third-order valence-corrected chi connectivity index (χ3v) is 5.61. The molecule has 0 fully saturated rings. The molecule has 3 aromatic heterocycles. The van der Waals surface area contributed by atoms with Crippen LogP contribution in [0.3, 0.4) is 0 Å². The molecule has 0 saturated heterocycles. The number of aromatic nitrogens is 3. The Morgan fingerprint density at radius 2 is 2.04 bits per heavy atom. The molecule has 1 amide bonds. The van der Waals surface area contributed by atoms with Crippen LogP contribution in [0.1, 0.15) is 15.4 Å². The Labute approximate surface area is 164 Å². The van der Waals surface area contributed by atoms with E-state index in [2.05, 4.69) is 5.10 Å². The Kier molecular flexibility index (Phi) is 4.33. The second-order valence-electron chi connectivity index (χ2n) is 5.87. The predicted molar refractivity (Wildman–Crippen MR) is 107 cm³/mol. The number of pyridine rings is 1. The number of primary amides is 1. The molecule has 0 saturated carbocycles. The van der Waals surface area contributed by atoms with E-state index in [4.69, 9.17) is 27.1 Å². The predicted octanol–water partition coefficient (Wildman–Crippen LogP) is 4.19. The van der Waals surface area contributed by atoms with Crippen LogP contribution in [-0.4, -0.2) is 27.6 Å². The molecule has 136 valence electrons. The molecule has 0 aliphatic rings. The van der Waals surface area contributed by atoms with E-state index >= 15 is 0 Å². The second kappa shape index (κ2) is 6.68. The first-order valence-corrected chi connectivity index (χ1v) is 9.28. The SMILES string of the molecule is COc1cccc(Cl)c1-c1nc(-c2c(C)nn3ccccc23)sc1C(N)=O. The van der Waals surface area contributed by atoms with E-state index in [9.17, 15) is 4.79 Å². The third-order valence-electron chi connectivity index (χ3n) is 4.21. The summed E-state index contributed by atoms with van der Waals surface area (Å²) in [6.07, 6.45) is 1.87. The number of fused-ring (bicyclic) bond motifs is 1. The highest BCUT2D eigenvalue weighted by Crippen LogP contribution is 2.42. The minimum Gasteiger partial charge on any atom is -0.496 e. The van der Waals surface area contributed by atoms with Gasteiger partial charge >= 0.3 is 0 Å². The molecule has 0 unspecified atom stereocenters. The Balaban J connectivity index is 2.01. The number of rotatable bonds is 4. The maximum Gasteiger partial charge on any atom is 0.261 e. The molecule has 0 spiro atoms. The topological polar surface area (TPSA) is 82.5 Å². The van der Waals surface area contributed by atoms with E-state index in [0.29, 0.717) is 31.9 Å². The first-order chi connectivity index (χ1) is 13.0. The molecular weight excluding hydrogens is 384 g/mol. The number of benzene rings is 1. The number of methoxy groups -OCH3 is 1. The Hall–Kier alpha value is -2.90. The van der Waals surface area contributed by atoms with Gasteiger partial charge in [0, 0.05) is 6.20 Å². The van der Waals surface area contributed by atoms with Crippen molar-refractivity contribution in [2.45, 2.75) is 6.92 Å². The summed E-state index contributed by atoms with van der Waals surface area (Å²) in [4.78, 5) is 17.2. The van der Waals surface area contributed by atoms with Crippen LogP contribution in [0.5, 0.6) is 5.75 Å². The fraction of sp³-hybridized carbons (Fsp3) is 0.105. The highest BCUT2D eigenvalue weighted by Gasteiger charge is 2.25. The van der Waals surface area contributed by atoms with Gasteiger partial charge < -0.3 is 10.5 Å². The summed E-state index contributed by atoms with van der Waals surface area (Å²) >= 11 is 7.62. The molecule has 3 heterocycles. The lowest BCUT2D eigenvalue weighted by Crippen LogP contribution is -2.10. The van der Waals surface area contributed by atoms with E-state index in [1.807, 2.05) is 31.3 Å². The fourth-order valence-electron chi connectivity index (χ4n) is 3.05. The number of halogens is 1. The van der Waals surface area contributed by atoms with Gasteiger partial charge in [0.05, 0.1) is 34.5 Å². The Morgan fingerprint density at radius 1 is 1.22 bits per heavy atom.